The van der Waals surface area contributed by atoms with Crippen molar-refractivity contribution in [3.8, 4) is 0 Å². The molecule has 7 heteroatoms. The molecule has 2 aliphatic heterocycles. The molecule has 1 N–H and O–H groups in total. The van der Waals surface area contributed by atoms with Crippen LogP contribution in [0.15, 0.2) is 0 Å². The van der Waals surface area contributed by atoms with Gasteiger partial charge in [0.2, 0.25) is 0 Å². The second-order valence-corrected chi connectivity index (χ2v) is 9.50. The van der Waals surface area contributed by atoms with E-state index < -0.39 is 10.2 Å². The maximum Gasteiger partial charge on any atom is 0.282 e. The minimum absolute atomic E-state index is 0.114. The molecule has 2 saturated heterocycles. The lowest BCUT2D eigenvalue weighted by atomic mass is 9.99. The summed E-state index contributed by atoms with van der Waals surface area (Å²) in [6, 6.07) is 0.569. The fourth-order valence-corrected chi connectivity index (χ4v) is 6.14. The van der Waals surface area contributed by atoms with Gasteiger partial charge in [-0.25, -0.2) is 0 Å². The monoisotopic (exact) mass is 335 g/mol. The molecule has 2 unspecified atom stereocenters. The highest BCUT2D eigenvalue weighted by Gasteiger charge is 2.37. The Morgan fingerprint density at radius 1 is 1.33 bits per heavy atom. The van der Waals surface area contributed by atoms with Crippen molar-refractivity contribution in [3.63, 3.8) is 0 Å². The summed E-state index contributed by atoms with van der Waals surface area (Å²) < 4.78 is 29.1. The summed E-state index contributed by atoms with van der Waals surface area (Å²) in [5.41, 5.74) is 0. The van der Waals surface area contributed by atoms with E-state index in [0.717, 1.165) is 30.9 Å². The molecular weight excluding hydrogens is 306 g/mol. The van der Waals surface area contributed by atoms with Crippen LogP contribution in [0.5, 0.6) is 0 Å². The van der Waals surface area contributed by atoms with Gasteiger partial charge in [-0.3, -0.25) is 0 Å². The number of piperidine rings is 1. The quantitative estimate of drug-likeness (QED) is 0.825. The van der Waals surface area contributed by atoms with Crippen molar-refractivity contribution in [3.05, 3.63) is 0 Å². The molecule has 0 spiro atoms. The molecule has 0 aromatic rings. The molecule has 124 valence electrons. The standard InChI is InChI=1S/C14H29N3O2S2/c1-12(2)15-9-14-5-4-6-16(10-14)21(18,19)17-7-8-20-11-13(17)3/h12-15H,4-11H2,1-3H3. The Kier molecular flexibility index (Phi) is 6.38. The maximum atomic E-state index is 12.9. The zero-order valence-corrected chi connectivity index (χ0v) is 15.0. The maximum absolute atomic E-state index is 12.9. The molecule has 0 aromatic carbocycles. The lowest BCUT2D eigenvalue weighted by Gasteiger charge is -2.39. The van der Waals surface area contributed by atoms with E-state index in [1.54, 1.807) is 8.61 Å². The summed E-state index contributed by atoms with van der Waals surface area (Å²) in [5, 5.41) is 3.44. The second kappa shape index (κ2) is 7.64. The van der Waals surface area contributed by atoms with Gasteiger partial charge in [0.25, 0.3) is 10.2 Å². The highest BCUT2D eigenvalue weighted by molar-refractivity contribution is 7.99. The normalized spacial score (nSPS) is 29.9. The van der Waals surface area contributed by atoms with Crippen LogP contribution in [0.1, 0.15) is 33.6 Å². The predicted octanol–water partition coefficient (Wildman–Crippen LogP) is 1.38. The zero-order chi connectivity index (χ0) is 15.5. The number of thioether (sulfide) groups is 1. The van der Waals surface area contributed by atoms with Gasteiger partial charge in [0.1, 0.15) is 0 Å². The Labute approximate surface area is 134 Å². The first-order valence-corrected chi connectivity index (χ1v) is 10.5. The van der Waals surface area contributed by atoms with Gasteiger partial charge < -0.3 is 5.32 Å². The van der Waals surface area contributed by atoms with Crippen LogP contribution in [0.4, 0.5) is 0 Å². The Hall–Kier alpha value is 0.180. The van der Waals surface area contributed by atoms with E-state index in [1.165, 1.54) is 0 Å². The van der Waals surface area contributed by atoms with Gasteiger partial charge in [-0.05, 0) is 32.2 Å². The first-order valence-electron chi connectivity index (χ1n) is 7.99. The lowest BCUT2D eigenvalue weighted by molar-refractivity contribution is 0.233. The molecule has 0 bridgehead atoms. The highest BCUT2D eigenvalue weighted by atomic mass is 32.2. The van der Waals surface area contributed by atoms with Crippen LogP contribution < -0.4 is 5.32 Å². The van der Waals surface area contributed by atoms with Crippen LogP contribution in [0.3, 0.4) is 0 Å². The SMILES string of the molecule is CC(C)NCC1CCCN(S(=O)(=O)N2CCSCC2C)C1. The Bertz CT molecular complexity index is 428. The summed E-state index contributed by atoms with van der Waals surface area (Å²) in [4.78, 5) is 0. The lowest BCUT2D eigenvalue weighted by Crippen LogP contribution is -2.54. The summed E-state index contributed by atoms with van der Waals surface area (Å²) >= 11 is 1.85. The van der Waals surface area contributed by atoms with E-state index in [0.29, 0.717) is 31.6 Å². The molecule has 2 heterocycles. The van der Waals surface area contributed by atoms with Crippen molar-refractivity contribution in [2.75, 3.05) is 37.7 Å². The Morgan fingerprint density at radius 2 is 2.10 bits per heavy atom. The minimum Gasteiger partial charge on any atom is -0.314 e. The molecule has 2 rings (SSSR count). The van der Waals surface area contributed by atoms with Gasteiger partial charge in [0.05, 0.1) is 0 Å². The highest BCUT2D eigenvalue weighted by Crippen LogP contribution is 2.25. The third kappa shape index (κ3) is 4.58. The number of rotatable bonds is 5. The van der Waals surface area contributed by atoms with E-state index in [2.05, 4.69) is 19.2 Å². The van der Waals surface area contributed by atoms with Gasteiger partial charge in [-0.15, -0.1) is 0 Å². The molecule has 2 fully saturated rings. The average molecular weight is 336 g/mol. The van der Waals surface area contributed by atoms with E-state index in [9.17, 15) is 8.42 Å². The summed E-state index contributed by atoms with van der Waals surface area (Å²) in [5.74, 6) is 2.26. The second-order valence-electron chi connectivity index (χ2n) is 6.47. The van der Waals surface area contributed by atoms with Gasteiger partial charge in [0, 0.05) is 43.2 Å². The number of nitrogens with zero attached hydrogens (tertiary/aromatic N) is 2. The topological polar surface area (TPSA) is 52.7 Å². The van der Waals surface area contributed by atoms with E-state index in [4.69, 9.17) is 0 Å². The number of hydrogen-bond donors (Lipinski definition) is 1. The van der Waals surface area contributed by atoms with Gasteiger partial charge in [0.15, 0.2) is 0 Å². The van der Waals surface area contributed by atoms with E-state index in [-0.39, 0.29) is 6.04 Å². The molecule has 5 nitrogen and oxygen atoms in total. The van der Waals surface area contributed by atoms with Gasteiger partial charge >= 0.3 is 0 Å². The van der Waals surface area contributed by atoms with Crippen LogP contribution >= 0.6 is 11.8 Å². The fourth-order valence-electron chi connectivity index (χ4n) is 3.01. The third-order valence-corrected chi connectivity index (χ3v) is 7.53. The van der Waals surface area contributed by atoms with Crippen LogP contribution in [-0.4, -0.2) is 66.8 Å². The van der Waals surface area contributed by atoms with Crippen molar-refractivity contribution < 1.29 is 8.42 Å². The van der Waals surface area contributed by atoms with Gasteiger partial charge in [-0.1, -0.05) is 13.8 Å². The number of hydrogen-bond acceptors (Lipinski definition) is 4. The zero-order valence-electron chi connectivity index (χ0n) is 13.4. The number of nitrogens with one attached hydrogen (secondary N) is 1. The molecule has 2 atom stereocenters. The van der Waals surface area contributed by atoms with Crippen molar-refractivity contribution >= 4 is 22.0 Å². The minimum atomic E-state index is -3.28. The average Bonchev–Trinajstić information content (AvgIpc) is 2.45. The summed E-state index contributed by atoms with van der Waals surface area (Å²) in [6.45, 7) is 9.18. The van der Waals surface area contributed by atoms with Crippen LogP contribution in [0, 0.1) is 5.92 Å². The molecule has 0 saturated carbocycles. The molecule has 0 aromatic heterocycles. The van der Waals surface area contributed by atoms with Crippen molar-refractivity contribution in [2.45, 2.75) is 45.7 Å². The largest absolute Gasteiger partial charge is 0.314 e. The predicted molar refractivity (Wildman–Crippen MR) is 89.8 cm³/mol. The molecule has 0 aliphatic carbocycles. The summed E-state index contributed by atoms with van der Waals surface area (Å²) in [7, 11) is -3.28. The first kappa shape index (κ1) is 17.5. The first-order chi connectivity index (χ1) is 9.91. The van der Waals surface area contributed by atoms with Crippen LogP contribution in [0.2, 0.25) is 0 Å². The summed E-state index contributed by atoms with van der Waals surface area (Å²) in [6.07, 6.45) is 2.10. The van der Waals surface area contributed by atoms with Crippen molar-refractivity contribution in [2.24, 2.45) is 5.92 Å². The third-order valence-electron chi connectivity index (χ3n) is 4.23. The van der Waals surface area contributed by atoms with E-state index in [1.807, 2.05) is 18.7 Å². The van der Waals surface area contributed by atoms with Crippen LogP contribution in [0.25, 0.3) is 0 Å². The smallest absolute Gasteiger partial charge is 0.282 e. The Balaban J connectivity index is 1.98. The molecule has 2 aliphatic rings. The van der Waals surface area contributed by atoms with Crippen molar-refractivity contribution in [1.29, 1.82) is 0 Å². The fraction of sp³-hybridized carbons (Fsp3) is 1.00. The van der Waals surface area contributed by atoms with Crippen molar-refractivity contribution in [1.82, 2.24) is 13.9 Å². The van der Waals surface area contributed by atoms with Crippen LogP contribution in [-0.2, 0) is 10.2 Å². The van der Waals surface area contributed by atoms with E-state index >= 15 is 0 Å². The Morgan fingerprint density at radius 3 is 2.76 bits per heavy atom. The molecule has 0 amide bonds. The molecular formula is C14H29N3O2S2. The molecule has 0 radical (unpaired) electrons. The molecule has 21 heavy (non-hydrogen) atoms. The van der Waals surface area contributed by atoms with Gasteiger partial charge in [-0.2, -0.15) is 28.8 Å².